The first kappa shape index (κ1) is 15.2. The van der Waals surface area contributed by atoms with Crippen LogP contribution in [0.15, 0.2) is 36.4 Å². The van der Waals surface area contributed by atoms with Crippen LogP contribution in [-0.4, -0.2) is 16.8 Å². The first-order chi connectivity index (χ1) is 10.8. The Morgan fingerprint density at radius 1 is 1.26 bits per heavy atom. The molecular weight excluding hydrogens is 290 g/mol. The Bertz CT molecular complexity index is 797. The molecule has 0 saturated heterocycles. The van der Waals surface area contributed by atoms with Gasteiger partial charge in [-0.15, -0.1) is 0 Å². The zero-order valence-corrected chi connectivity index (χ0v) is 13.4. The van der Waals surface area contributed by atoms with Gasteiger partial charge in [-0.2, -0.15) is 0 Å². The summed E-state index contributed by atoms with van der Waals surface area (Å²) in [7, 11) is 0. The molecule has 0 fully saturated rings. The van der Waals surface area contributed by atoms with Crippen LogP contribution < -0.4 is 10.6 Å². The van der Waals surface area contributed by atoms with Gasteiger partial charge in [0.25, 0.3) is 5.91 Å². The van der Waals surface area contributed by atoms with E-state index in [0.29, 0.717) is 17.8 Å². The Kier molecular flexibility index (Phi) is 3.64. The summed E-state index contributed by atoms with van der Waals surface area (Å²) in [5.41, 5.74) is 2.85. The quantitative estimate of drug-likeness (QED) is 0.894. The van der Waals surface area contributed by atoms with E-state index in [1.807, 2.05) is 39.0 Å². The van der Waals surface area contributed by atoms with Gasteiger partial charge >= 0.3 is 0 Å². The highest BCUT2D eigenvalue weighted by Gasteiger charge is 2.32. The highest BCUT2D eigenvalue weighted by Crippen LogP contribution is 2.37. The summed E-state index contributed by atoms with van der Waals surface area (Å²) in [6.07, 6.45) is 0.407. The molecule has 118 valence electrons. The maximum atomic E-state index is 12.4. The molecule has 2 N–H and O–H groups in total. The molecular formula is C18H19N3O2. The molecule has 0 radical (unpaired) electrons. The number of pyridine rings is 1. The number of benzene rings is 1. The summed E-state index contributed by atoms with van der Waals surface area (Å²) in [6, 6.07) is 10.8. The lowest BCUT2D eigenvalue weighted by atomic mass is 9.77. The van der Waals surface area contributed by atoms with Crippen molar-refractivity contribution in [2.24, 2.45) is 0 Å². The molecule has 1 aromatic carbocycles. The van der Waals surface area contributed by atoms with Crippen LogP contribution in [0, 0.1) is 6.92 Å². The van der Waals surface area contributed by atoms with Gasteiger partial charge in [-0.1, -0.05) is 19.9 Å². The summed E-state index contributed by atoms with van der Waals surface area (Å²) >= 11 is 0. The number of aromatic nitrogens is 1. The van der Waals surface area contributed by atoms with Crippen LogP contribution in [0.3, 0.4) is 0 Å². The Hall–Kier alpha value is -2.69. The number of anilines is 2. The molecule has 5 nitrogen and oxygen atoms in total. The molecule has 5 heteroatoms. The molecule has 0 unspecified atom stereocenters. The van der Waals surface area contributed by atoms with E-state index in [4.69, 9.17) is 0 Å². The van der Waals surface area contributed by atoms with Crippen molar-refractivity contribution in [1.29, 1.82) is 0 Å². The van der Waals surface area contributed by atoms with E-state index in [1.165, 1.54) is 0 Å². The molecule has 1 aromatic heterocycles. The molecule has 1 aliphatic heterocycles. The third kappa shape index (κ3) is 3.08. The predicted molar refractivity (Wildman–Crippen MR) is 89.6 cm³/mol. The fourth-order valence-electron chi connectivity index (χ4n) is 2.85. The number of carbonyl (C=O) groups excluding carboxylic acids is 2. The van der Waals surface area contributed by atoms with E-state index in [9.17, 15) is 9.59 Å². The zero-order chi connectivity index (χ0) is 16.6. The van der Waals surface area contributed by atoms with Crippen molar-refractivity contribution in [3.63, 3.8) is 0 Å². The van der Waals surface area contributed by atoms with Crippen LogP contribution in [0.5, 0.6) is 0 Å². The molecule has 0 bridgehead atoms. The van der Waals surface area contributed by atoms with Crippen LogP contribution >= 0.6 is 0 Å². The first-order valence-electron chi connectivity index (χ1n) is 7.54. The molecule has 3 rings (SSSR count). The highest BCUT2D eigenvalue weighted by atomic mass is 16.2. The Balaban J connectivity index is 1.90. The van der Waals surface area contributed by atoms with Gasteiger partial charge in [0, 0.05) is 28.8 Å². The fraction of sp³-hybridized carbons (Fsp3) is 0.278. The molecule has 0 saturated carbocycles. The maximum absolute atomic E-state index is 12.4. The highest BCUT2D eigenvalue weighted by molar-refractivity contribution is 6.05. The standard InChI is InChI=1S/C18H19N3O2/c1-11-5-4-6-15(19-11)21-17(23)12-7-8-14-13(9-12)18(2,3)10-16(22)20-14/h4-9H,10H2,1-3H3,(H,20,22)(H,19,21,23). The normalized spacial score (nSPS) is 15.5. The van der Waals surface area contributed by atoms with Crippen LogP contribution in [0.4, 0.5) is 11.5 Å². The maximum Gasteiger partial charge on any atom is 0.256 e. The van der Waals surface area contributed by atoms with Gasteiger partial charge in [0.1, 0.15) is 5.82 Å². The fourth-order valence-corrected chi connectivity index (χ4v) is 2.85. The lowest BCUT2D eigenvalue weighted by Gasteiger charge is -2.32. The van der Waals surface area contributed by atoms with Crippen LogP contribution in [0.2, 0.25) is 0 Å². The van der Waals surface area contributed by atoms with E-state index in [1.54, 1.807) is 18.2 Å². The average molecular weight is 309 g/mol. The Morgan fingerprint density at radius 2 is 2.04 bits per heavy atom. The average Bonchev–Trinajstić information content (AvgIpc) is 2.46. The molecule has 0 spiro atoms. The van der Waals surface area contributed by atoms with Crippen molar-refractivity contribution < 1.29 is 9.59 Å². The lowest BCUT2D eigenvalue weighted by molar-refractivity contribution is -0.117. The van der Waals surface area contributed by atoms with Crippen molar-refractivity contribution >= 4 is 23.3 Å². The zero-order valence-electron chi connectivity index (χ0n) is 13.4. The van der Waals surface area contributed by atoms with Crippen molar-refractivity contribution in [1.82, 2.24) is 4.98 Å². The third-order valence-electron chi connectivity index (χ3n) is 4.02. The van der Waals surface area contributed by atoms with Crippen LogP contribution in [0.1, 0.15) is 41.9 Å². The number of aryl methyl sites for hydroxylation is 1. The number of hydrogen-bond acceptors (Lipinski definition) is 3. The van der Waals surface area contributed by atoms with E-state index in [2.05, 4.69) is 15.6 Å². The van der Waals surface area contributed by atoms with E-state index in [-0.39, 0.29) is 17.2 Å². The number of nitrogens with zero attached hydrogens (tertiary/aromatic N) is 1. The second-order valence-corrected chi connectivity index (χ2v) is 6.49. The second kappa shape index (κ2) is 5.50. The van der Waals surface area contributed by atoms with Crippen LogP contribution in [0.25, 0.3) is 0 Å². The summed E-state index contributed by atoms with van der Waals surface area (Å²) in [4.78, 5) is 28.5. The summed E-state index contributed by atoms with van der Waals surface area (Å²) in [5, 5.41) is 5.66. The van der Waals surface area contributed by atoms with Crippen molar-refractivity contribution in [2.75, 3.05) is 10.6 Å². The number of hydrogen-bond donors (Lipinski definition) is 2. The van der Waals surface area contributed by atoms with E-state index >= 15 is 0 Å². The summed E-state index contributed by atoms with van der Waals surface area (Å²) in [6.45, 7) is 5.89. The van der Waals surface area contributed by atoms with Crippen molar-refractivity contribution in [2.45, 2.75) is 32.6 Å². The minimum absolute atomic E-state index is 0.00339. The third-order valence-corrected chi connectivity index (χ3v) is 4.02. The minimum atomic E-state index is -0.296. The van der Waals surface area contributed by atoms with Gasteiger partial charge in [0.2, 0.25) is 5.91 Å². The number of nitrogens with one attached hydrogen (secondary N) is 2. The summed E-state index contributed by atoms with van der Waals surface area (Å²) in [5.74, 6) is 0.322. The smallest absolute Gasteiger partial charge is 0.256 e. The van der Waals surface area contributed by atoms with Gasteiger partial charge < -0.3 is 10.6 Å². The van der Waals surface area contributed by atoms with Gasteiger partial charge in [0.15, 0.2) is 0 Å². The Morgan fingerprint density at radius 3 is 2.78 bits per heavy atom. The van der Waals surface area contributed by atoms with Crippen LogP contribution in [-0.2, 0) is 10.2 Å². The molecule has 0 aliphatic carbocycles. The summed E-state index contributed by atoms with van der Waals surface area (Å²) < 4.78 is 0. The predicted octanol–water partition coefficient (Wildman–Crippen LogP) is 3.26. The molecule has 0 atom stereocenters. The minimum Gasteiger partial charge on any atom is -0.326 e. The molecule has 2 aromatic rings. The molecule has 2 amide bonds. The SMILES string of the molecule is Cc1cccc(NC(=O)c2ccc3c(c2)C(C)(C)CC(=O)N3)n1. The number of carbonyl (C=O) groups is 2. The van der Waals surface area contributed by atoms with Crippen molar-refractivity contribution in [3.05, 3.63) is 53.2 Å². The van der Waals surface area contributed by atoms with Crippen molar-refractivity contribution in [3.8, 4) is 0 Å². The first-order valence-corrected chi connectivity index (χ1v) is 7.54. The molecule has 1 aliphatic rings. The van der Waals surface area contributed by atoms with Gasteiger partial charge in [-0.05, 0) is 42.8 Å². The van der Waals surface area contributed by atoms with Gasteiger partial charge in [-0.3, -0.25) is 9.59 Å². The lowest BCUT2D eigenvalue weighted by Crippen LogP contribution is -2.32. The second-order valence-electron chi connectivity index (χ2n) is 6.49. The van der Waals surface area contributed by atoms with Gasteiger partial charge in [0.05, 0.1) is 0 Å². The van der Waals surface area contributed by atoms with E-state index < -0.39 is 0 Å². The number of rotatable bonds is 2. The van der Waals surface area contributed by atoms with Gasteiger partial charge in [-0.25, -0.2) is 4.98 Å². The topological polar surface area (TPSA) is 71.1 Å². The largest absolute Gasteiger partial charge is 0.326 e. The monoisotopic (exact) mass is 309 g/mol. The number of fused-ring (bicyclic) bond motifs is 1. The number of amides is 2. The molecule has 2 heterocycles. The van der Waals surface area contributed by atoms with E-state index in [0.717, 1.165) is 16.9 Å². The molecule has 23 heavy (non-hydrogen) atoms. The Labute approximate surface area is 135 Å².